The van der Waals surface area contributed by atoms with Crippen LogP contribution in [0.15, 0.2) is 24.8 Å². The third kappa shape index (κ3) is 1.62. The SMILES string of the molecule is C=Cc1cccc(CO)c1Cl. The molecule has 11 heavy (non-hydrogen) atoms. The highest BCUT2D eigenvalue weighted by Gasteiger charge is 2.00. The first kappa shape index (κ1) is 8.31. The topological polar surface area (TPSA) is 20.2 Å². The second-order valence-corrected chi connectivity index (χ2v) is 2.56. The van der Waals surface area contributed by atoms with Gasteiger partial charge in [0, 0.05) is 0 Å². The number of hydrogen-bond acceptors (Lipinski definition) is 1. The Morgan fingerprint density at radius 3 is 2.82 bits per heavy atom. The smallest absolute Gasteiger partial charge is 0.0696 e. The van der Waals surface area contributed by atoms with Crippen molar-refractivity contribution in [1.29, 1.82) is 0 Å². The van der Waals surface area contributed by atoms with Gasteiger partial charge in [0.2, 0.25) is 0 Å². The van der Waals surface area contributed by atoms with Crippen molar-refractivity contribution in [3.63, 3.8) is 0 Å². The number of aliphatic hydroxyl groups excluding tert-OH is 1. The van der Waals surface area contributed by atoms with Crippen LogP contribution in [0, 0.1) is 0 Å². The molecule has 58 valence electrons. The van der Waals surface area contributed by atoms with Crippen molar-refractivity contribution in [2.75, 3.05) is 0 Å². The number of rotatable bonds is 2. The van der Waals surface area contributed by atoms with E-state index in [1.807, 2.05) is 12.1 Å². The van der Waals surface area contributed by atoms with Gasteiger partial charge in [-0.2, -0.15) is 0 Å². The van der Waals surface area contributed by atoms with Gasteiger partial charge in [0.15, 0.2) is 0 Å². The molecule has 1 N–H and O–H groups in total. The molecule has 1 aromatic carbocycles. The van der Waals surface area contributed by atoms with E-state index in [-0.39, 0.29) is 6.61 Å². The Morgan fingerprint density at radius 2 is 2.27 bits per heavy atom. The summed E-state index contributed by atoms with van der Waals surface area (Å²) < 4.78 is 0. The van der Waals surface area contributed by atoms with Crippen molar-refractivity contribution >= 4 is 17.7 Å². The summed E-state index contributed by atoms with van der Waals surface area (Å²) in [5.74, 6) is 0. The average Bonchev–Trinajstić information content (AvgIpc) is 2.05. The number of aliphatic hydroxyl groups is 1. The lowest BCUT2D eigenvalue weighted by molar-refractivity contribution is 0.282. The lowest BCUT2D eigenvalue weighted by atomic mass is 10.1. The van der Waals surface area contributed by atoms with Crippen LogP contribution in [0.3, 0.4) is 0 Å². The molecule has 0 heterocycles. The Hall–Kier alpha value is -0.790. The normalized spacial score (nSPS) is 9.64. The van der Waals surface area contributed by atoms with Crippen LogP contribution in [-0.2, 0) is 6.61 Å². The summed E-state index contributed by atoms with van der Waals surface area (Å²) >= 11 is 5.88. The number of hydrogen-bond donors (Lipinski definition) is 1. The molecule has 0 atom stereocenters. The van der Waals surface area contributed by atoms with Gasteiger partial charge in [0.1, 0.15) is 0 Å². The highest BCUT2D eigenvalue weighted by atomic mass is 35.5. The Labute approximate surface area is 70.9 Å². The average molecular weight is 169 g/mol. The molecule has 0 radical (unpaired) electrons. The summed E-state index contributed by atoms with van der Waals surface area (Å²) in [5.41, 5.74) is 1.60. The standard InChI is InChI=1S/C9H9ClO/c1-2-7-4-3-5-8(6-11)9(7)10/h2-5,11H,1,6H2. The van der Waals surface area contributed by atoms with E-state index in [0.29, 0.717) is 5.02 Å². The van der Waals surface area contributed by atoms with Gasteiger partial charge in [-0.3, -0.25) is 0 Å². The molecule has 0 amide bonds. The van der Waals surface area contributed by atoms with Crippen molar-refractivity contribution in [2.24, 2.45) is 0 Å². The van der Waals surface area contributed by atoms with E-state index in [1.54, 1.807) is 12.1 Å². The summed E-state index contributed by atoms with van der Waals surface area (Å²) in [7, 11) is 0. The van der Waals surface area contributed by atoms with Crippen LogP contribution in [-0.4, -0.2) is 5.11 Å². The summed E-state index contributed by atoms with van der Waals surface area (Å²) in [6.45, 7) is 3.57. The molecule has 0 aromatic heterocycles. The number of halogens is 1. The quantitative estimate of drug-likeness (QED) is 0.720. The van der Waals surface area contributed by atoms with Crippen molar-refractivity contribution < 1.29 is 5.11 Å². The van der Waals surface area contributed by atoms with Gasteiger partial charge in [-0.05, 0) is 11.1 Å². The predicted octanol–water partition coefficient (Wildman–Crippen LogP) is 2.48. The van der Waals surface area contributed by atoms with Crippen LogP contribution in [0.5, 0.6) is 0 Å². The molecule has 0 aliphatic carbocycles. The lowest BCUT2D eigenvalue weighted by Crippen LogP contribution is -1.86. The zero-order chi connectivity index (χ0) is 8.27. The van der Waals surface area contributed by atoms with E-state index in [0.717, 1.165) is 11.1 Å². The monoisotopic (exact) mass is 168 g/mol. The van der Waals surface area contributed by atoms with E-state index < -0.39 is 0 Å². The minimum atomic E-state index is -0.0273. The maximum absolute atomic E-state index is 8.82. The Balaban J connectivity index is 3.20. The highest BCUT2D eigenvalue weighted by Crippen LogP contribution is 2.21. The Morgan fingerprint density at radius 1 is 1.55 bits per heavy atom. The van der Waals surface area contributed by atoms with Crippen molar-refractivity contribution in [2.45, 2.75) is 6.61 Å². The van der Waals surface area contributed by atoms with Gasteiger partial charge in [0.05, 0.1) is 11.6 Å². The zero-order valence-corrected chi connectivity index (χ0v) is 6.80. The van der Waals surface area contributed by atoms with E-state index in [1.165, 1.54) is 0 Å². The maximum Gasteiger partial charge on any atom is 0.0696 e. The Bertz CT molecular complexity index is 268. The first-order chi connectivity index (χ1) is 5.29. The molecule has 0 saturated carbocycles. The van der Waals surface area contributed by atoms with E-state index in [2.05, 4.69) is 6.58 Å². The van der Waals surface area contributed by atoms with E-state index in [9.17, 15) is 0 Å². The van der Waals surface area contributed by atoms with E-state index in [4.69, 9.17) is 16.7 Å². The van der Waals surface area contributed by atoms with Gasteiger partial charge in [0.25, 0.3) is 0 Å². The molecule has 0 saturated heterocycles. The largest absolute Gasteiger partial charge is 0.392 e. The van der Waals surface area contributed by atoms with Gasteiger partial charge in [-0.1, -0.05) is 42.5 Å². The fourth-order valence-corrected chi connectivity index (χ4v) is 1.14. The molecule has 1 aromatic rings. The first-order valence-electron chi connectivity index (χ1n) is 3.30. The molecule has 0 unspecified atom stereocenters. The van der Waals surface area contributed by atoms with E-state index >= 15 is 0 Å². The third-order valence-corrected chi connectivity index (χ3v) is 1.96. The molecule has 0 aliphatic rings. The van der Waals surface area contributed by atoms with Gasteiger partial charge in [-0.25, -0.2) is 0 Å². The fourth-order valence-electron chi connectivity index (χ4n) is 0.879. The zero-order valence-electron chi connectivity index (χ0n) is 6.05. The fraction of sp³-hybridized carbons (Fsp3) is 0.111. The van der Waals surface area contributed by atoms with Gasteiger partial charge >= 0.3 is 0 Å². The van der Waals surface area contributed by atoms with Crippen molar-refractivity contribution in [1.82, 2.24) is 0 Å². The van der Waals surface area contributed by atoms with Gasteiger partial charge < -0.3 is 5.11 Å². The van der Waals surface area contributed by atoms with Crippen molar-refractivity contribution in [3.05, 3.63) is 40.9 Å². The van der Waals surface area contributed by atoms with Crippen LogP contribution in [0.25, 0.3) is 6.08 Å². The lowest BCUT2D eigenvalue weighted by Gasteiger charge is -2.02. The molecule has 1 rings (SSSR count). The number of benzene rings is 1. The van der Waals surface area contributed by atoms with Crippen LogP contribution in [0.2, 0.25) is 5.02 Å². The molecule has 0 aliphatic heterocycles. The second-order valence-electron chi connectivity index (χ2n) is 2.18. The van der Waals surface area contributed by atoms with Crippen LogP contribution in [0.1, 0.15) is 11.1 Å². The molecular weight excluding hydrogens is 160 g/mol. The predicted molar refractivity (Wildman–Crippen MR) is 47.5 cm³/mol. The summed E-state index contributed by atoms with van der Waals surface area (Å²) in [6.07, 6.45) is 1.67. The van der Waals surface area contributed by atoms with Crippen LogP contribution >= 0.6 is 11.6 Å². The first-order valence-corrected chi connectivity index (χ1v) is 3.68. The molecule has 0 bridgehead atoms. The van der Waals surface area contributed by atoms with Crippen LogP contribution < -0.4 is 0 Å². The second kappa shape index (κ2) is 3.56. The molecular formula is C9H9ClO. The highest BCUT2D eigenvalue weighted by molar-refractivity contribution is 6.32. The van der Waals surface area contributed by atoms with Crippen LogP contribution in [0.4, 0.5) is 0 Å². The minimum Gasteiger partial charge on any atom is -0.392 e. The molecule has 0 fully saturated rings. The molecule has 2 heteroatoms. The summed E-state index contributed by atoms with van der Waals surface area (Å²) in [6, 6.07) is 5.48. The Kier molecular flexibility index (Phi) is 2.69. The minimum absolute atomic E-state index is 0.0273. The summed E-state index contributed by atoms with van der Waals surface area (Å²) in [4.78, 5) is 0. The van der Waals surface area contributed by atoms with Gasteiger partial charge in [-0.15, -0.1) is 0 Å². The summed E-state index contributed by atoms with van der Waals surface area (Å²) in [5, 5.41) is 9.41. The maximum atomic E-state index is 8.82. The molecule has 1 nitrogen and oxygen atoms in total. The van der Waals surface area contributed by atoms with Crippen molar-refractivity contribution in [3.8, 4) is 0 Å². The molecule has 0 spiro atoms. The third-order valence-electron chi connectivity index (χ3n) is 1.50.